The van der Waals surface area contributed by atoms with Gasteiger partial charge in [-0.15, -0.1) is 0 Å². The molecule has 0 heterocycles. The van der Waals surface area contributed by atoms with Crippen LogP contribution in [0, 0.1) is 5.41 Å². The Hall–Kier alpha value is -0.860. The summed E-state index contributed by atoms with van der Waals surface area (Å²) in [5.41, 5.74) is -0.444. The van der Waals surface area contributed by atoms with Crippen molar-refractivity contribution in [3.8, 4) is 0 Å². The second-order valence-corrected chi connectivity index (χ2v) is 3.31. The first-order valence-corrected chi connectivity index (χ1v) is 4.75. The van der Waals surface area contributed by atoms with Gasteiger partial charge in [-0.3, -0.25) is 4.79 Å². The topological polar surface area (TPSA) is 57.2 Å². The van der Waals surface area contributed by atoms with Crippen molar-refractivity contribution >= 4 is 11.8 Å². The molecule has 0 aromatic rings. The Morgan fingerprint density at radius 2 is 1.46 bits per heavy atom. The van der Waals surface area contributed by atoms with Crippen molar-refractivity contribution in [3.63, 3.8) is 0 Å². The molecule has 0 amide bonds. The molecular weight excluding hydrogens is 168 g/mol. The lowest BCUT2D eigenvalue weighted by atomic mass is 9.75. The molecule has 0 N–H and O–H groups in total. The monoisotopic (exact) mass is 185 g/mol. The van der Waals surface area contributed by atoms with Crippen LogP contribution in [-0.4, -0.2) is 11.8 Å². The lowest BCUT2D eigenvalue weighted by molar-refractivity contribution is -0.304. The van der Waals surface area contributed by atoms with Crippen molar-refractivity contribution in [2.24, 2.45) is 5.41 Å². The highest BCUT2D eigenvalue weighted by molar-refractivity contribution is 5.97. The number of rotatable bonds is 6. The van der Waals surface area contributed by atoms with Gasteiger partial charge in [0.2, 0.25) is 0 Å². The minimum Gasteiger partial charge on any atom is -0.550 e. The van der Waals surface area contributed by atoms with Crippen molar-refractivity contribution in [1.82, 2.24) is 0 Å². The van der Waals surface area contributed by atoms with Crippen molar-refractivity contribution in [3.05, 3.63) is 0 Å². The Morgan fingerprint density at radius 1 is 1.08 bits per heavy atom. The van der Waals surface area contributed by atoms with Gasteiger partial charge in [0.1, 0.15) is 5.78 Å². The van der Waals surface area contributed by atoms with Crippen LogP contribution in [0.4, 0.5) is 0 Å². The molecule has 76 valence electrons. The Balaban J connectivity index is 4.53. The van der Waals surface area contributed by atoms with E-state index < -0.39 is 17.8 Å². The number of carbonyl (C=O) groups is 2. The minimum absolute atomic E-state index is 0.194. The molecule has 0 unspecified atom stereocenters. The number of Topliss-reactive ketones (excluding diaryl/α,β-unsaturated/α-hetero) is 1. The molecule has 0 bridgehead atoms. The van der Waals surface area contributed by atoms with Gasteiger partial charge in [0.25, 0.3) is 0 Å². The summed E-state index contributed by atoms with van der Waals surface area (Å²) in [5.74, 6) is -1.47. The van der Waals surface area contributed by atoms with E-state index in [0.717, 1.165) is 0 Å². The van der Waals surface area contributed by atoms with E-state index in [2.05, 4.69) is 0 Å². The van der Waals surface area contributed by atoms with E-state index in [1.54, 1.807) is 0 Å². The predicted molar refractivity (Wildman–Crippen MR) is 47.9 cm³/mol. The molecule has 0 rings (SSSR count). The standard InChI is InChI=1S/C10H18O3/c1-4-10(5-2,6-3)8(11)7-9(12)13/h4-7H2,1-3H3,(H,12,13)/p-1. The average Bonchev–Trinajstić information content (AvgIpc) is 2.07. The van der Waals surface area contributed by atoms with Gasteiger partial charge in [-0.1, -0.05) is 20.8 Å². The third kappa shape index (κ3) is 2.83. The highest BCUT2D eigenvalue weighted by Gasteiger charge is 2.31. The molecule has 0 aliphatic rings. The minimum atomic E-state index is -1.27. The lowest BCUT2D eigenvalue weighted by Gasteiger charge is -2.28. The van der Waals surface area contributed by atoms with E-state index in [4.69, 9.17) is 0 Å². The lowest BCUT2D eigenvalue weighted by Crippen LogP contribution is -2.35. The predicted octanol–water partition coefficient (Wildman–Crippen LogP) is 0.912. The third-order valence-electron chi connectivity index (χ3n) is 2.93. The Morgan fingerprint density at radius 3 is 1.69 bits per heavy atom. The number of aliphatic carboxylic acids is 1. The summed E-state index contributed by atoms with van der Waals surface area (Å²) >= 11 is 0. The number of hydrogen-bond donors (Lipinski definition) is 0. The van der Waals surface area contributed by atoms with Gasteiger partial charge < -0.3 is 9.90 Å². The molecule has 3 heteroatoms. The quantitative estimate of drug-likeness (QED) is 0.578. The second kappa shape index (κ2) is 5.00. The zero-order chi connectivity index (χ0) is 10.5. The van der Waals surface area contributed by atoms with Gasteiger partial charge >= 0.3 is 0 Å². The zero-order valence-electron chi connectivity index (χ0n) is 8.55. The Labute approximate surface area is 79.1 Å². The maximum absolute atomic E-state index is 11.5. The van der Waals surface area contributed by atoms with Gasteiger partial charge in [-0.25, -0.2) is 0 Å². The van der Waals surface area contributed by atoms with E-state index in [-0.39, 0.29) is 5.78 Å². The van der Waals surface area contributed by atoms with Crippen LogP contribution < -0.4 is 5.11 Å². The van der Waals surface area contributed by atoms with Crippen LogP contribution in [0.5, 0.6) is 0 Å². The van der Waals surface area contributed by atoms with Crippen LogP contribution in [-0.2, 0) is 9.59 Å². The Bertz CT molecular complexity index is 184. The summed E-state index contributed by atoms with van der Waals surface area (Å²) in [6, 6.07) is 0. The summed E-state index contributed by atoms with van der Waals surface area (Å²) in [6.07, 6.45) is 1.65. The van der Waals surface area contributed by atoms with Crippen LogP contribution in [0.25, 0.3) is 0 Å². The van der Waals surface area contributed by atoms with Crippen LogP contribution in [0.15, 0.2) is 0 Å². The van der Waals surface area contributed by atoms with E-state index >= 15 is 0 Å². The van der Waals surface area contributed by atoms with Crippen molar-refractivity contribution in [2.75, 3.05) is 0 Å². The van der Waals surface area contributed by atoms with Gasteiger partial charge in [0.15, 0.2) is 0 Å². The highest BCUT2D eigenvalue weighted by Crippen LogP contribution is 2.32. The van der Waals surface area contributed by atoms with E-state index in [1.165, 1.54) is 0 Å². The first-order valence-electron chi connectivity index (χ1n) is 4.75. The third-order valence-corrected chi connectivity index (χ3v) is 2.93. The van der Waals surface area contributed by atoms with Crippen LogP contribution >= 0.6 is 0 Å². The molecule has 0 saturated heterocycles. The van der Waals surface area contributed by atoms with Crippen molar-refractivity contribution in [1.29, 1.82) is 0 Å². The average molecular weight is 185 g/mol. The molecule has 0 radical (unpaired) electrons. The summed E-state index contributed by atoms with van der Waals surface area (Å²) in [5, 5.41) is 10.3. The summed E-state index contributed by atoms with van der Waals surface area (Å²) in [7, 11) is 0. The molecule has 0 aromatic heterocycles. The van der Waals surface area contributed by atoms with Crippen LogP contribution in [0.2, 0.25) is 0 Å². The van der Waals surface area contributed by atoms with E-state index in [1.807, 2.05) is 20.8 Å². The highest BCUT2D eigenvalue weighted by atomic mass is 16.4. The molecule has 13 heavy (non-hydrogen) atoms. The fourth-order valence-electron chi connectivity index (χ4n) is 1.66. The largest absolute Gasteiger partial charge is 0.550 e. The van der Waals surface area contributed by atoms with Gasteiger partial charge in [-0.05, 0) is 19.3 Å². The fourth-order valence-corrected chi connectivity index (χ4v) is 1.66. The number of hydrogen-bond acceptors (Lipinski definition) is 3. The smallest absolute Gasteiger partial charge is 0.144 e. The van der Waals surface area contributed by atoms with Gasteiger partial charge in [0.05, 0.1) is 0 Å². The molecule has 0 spiro atoms. The van der Waals surface area contributed by atoms with E-state index in [9.17, 15) is 14.7 Å². The number of ketones is 1. The maximum Gasteiger partial charge on any atom is 0.144 e. The molecular formula is C10H17O3-. The molecule has 0 atom stereocenters. The summed E-state index contributed by atoms with van der Waals surface area (Å²) in [6.45, 7) is 5.75. The van der Waals surface area contributed by atoms with Crippen LogP contribution in [0.3, 0.4) is 0 Å². The molecule has 0 aromatic carbocycles. The van der Waals surface area contributed by atoms with Crippen LogP contribution in [0.1, 0.15) is 46.5 Å². The normalized spacial score (nSPS) is 11.3. The zero-order valence-corrected chi connectivity index (χ0v) is 8.55. The molecule has 3 nitrogen and oxygen atoms in total. The maximum atomic E-state index is 11.5. The first-order chi connectivity index (χ1) is 6.02. The molecule has 0 aliphatic carbocycles. The first kappa shape index (κ1) is 12.1. The van der Waals surface area contributed by atoms with Crippen molar-refractivity contribution < 1.29 is 14.7 Å². The second-order valence-electron chi connectivity index (χ2n) is 3.31. The number of carboxylic acid groups (broad SMARTS) is 1. The number of carbonyl (C=O) groups excluding carboxylic acids is 2. The molecule has 0 saturated carbocycles. The molecule has 0 aliphatic heterocycles. The van der Waals surface area contributed by atoms with Gasteiger partial charge in [-0.2, -0.15) is 0 Å². The molecule has 0 fully saturated rings. The number of carboxylic acids is 1. The fraction of sp³-hybridized carbons (Fsp3) is 0.800. The van der Waals surface area contributed by atoms with Crippen molar-refractivity contribution in [2.45, 2.75) is 46.5 Å². The summed E-state index contributed by atoms with van der Waals surface area (Å²) in [4.78, 5) is 21.8. The summed E-state index contributed by atoms with van der Waals surface area (Å²) < 4.78 is 0. The van der Waals surface area contributed by atoms with Gasteiger partial charge in [0, 0.05) is 17.8 Å². The SMILES string of the molecule is CCC(CC)(CC)C(=O)CC(=O)[O-]. The van der Waals surface area contributed by atoms with E-state index in [0.29, 0.717) is 19.3 Å². The Kier molecular flexibility index (Phi) is 4.67.